The largest absolute Gasteiger partial charge is 0.378 e. The van der Waals surface area contributed by atoms with Gasteiger partial charge in [-0.1, -0.05) is 0 Å². The number of hydrogen-bond acceptors (Lipinski definition) is 4. The van der Waals surface area contributed by atoms with Crippen LogP contribution in [0.1, 0.15) is 27.2 Å². The van der Waals surface area contributed by atoms with Crippen LogP contribution >= 0.6 is 0 Å². The highest BCUT2D eigenvalue weighted by Crippen LogP contribution is 2.20. The molecule has 1 fully saturated rings. The third-order valence-corrected chi connectivity index (χ3v) is 4.82. The molecule has 1 aliphatic rings. The number of nitrogens with two attached hydrogens (primary N) is 1. The van der Waals surface area contributed by atoms with E-state index in [9.17, 15) is 8.42 Å². The zero-order valence-electron chi connectivity index (χ0n) is 10.2. The SMILES string of the molecule is CC(C)OCCS(=O)(=O)N1CCC(N)C1C. The fourth-order valence-electron chi connectivity index (χ4n) is 1.83. The summed E-state index contributed by atoms with van der Waals surface area (Å²) in [5, 5.41) is 0. The highest BCUT2D eigenvalue weighted by molar-refractivity contribution is 7.89. The van der Waals surface area contributed by atoms with Gasteiger partial charge in [-0.15, -0.1) is 0 Å². The monoisotopic (exact) mass is 250 g/mol. The summed E-state index contributed by atoms with van der Waals surface area (Å²) in [7, 11) is -3.21. The molecule has 0 amide bonds. The summed E-state index contributed by atoms with van der Waals surface area (Å²) < 4.78 is 30.7. The van der Waals surface area contributed by atoms with Crippen LogP contribution in [0, 0.1) is 0 Å². The van der Waals surface area contributed by atoms with Crippen molar-refractivity contribution < 1.29 is 13.2 Å². The van der Waals surface area contributed by atoms with Crippen molar-refractivity contribution >= 4 is 10.0 Å². The molecular weight excluding hydrogens is 228 g/mol. The third kappa shape index (κ3) is 3.41. The lowest BCUT2D eigenvalue weighted by Gasteiger charge is -2.22. The minimum absolute atomic E-state index is 0.0409. The van der Waals surface area contributed by atoms with Gasteiger partial charge in [-0.2, -0.15) is 4.31 Å². The first-order valence-electron chi connectivity index (χ1n) is 5.71. The van der Waals surface area contributed by atoms with Crippen LogP contribution in [0.15, 0.2) is 0 Å². The molecule has 2 unspecified atom stereocenters. The molecule has 0 aliphatic carbocycles. The summed E-state index contributed by atoms with van der Waals surface area (Å²) in [6.45, 7) is 6.42. The molecule has 1 aliphatic heterocycles. The molecule has 96 valence electrons. The van der Waals surface area contributed by atoms with Gasteiger partial charge in [0, 0.05) is 18.6 Å². The summed E-state index contributed by atoms with van der Waals surface area (Å²) in [5.41, 5.74) is 5.80. The summed E-state index contributed by atoms with van der Waals surface area (Å²) >= 11 is 0. The maximum Gasteiger partial charge on any atom is 0.216 e. The van der Waals surface area contributed by atoms with Crippen molar-refractivity contribution in [2.24, 2.45) is 5.73 Å². The third-order valence-electron chi connectivity index (χ3n) is 2.91. The van der Waals surface area contributed by atoms with Gasteiger partial charge < -0.3 is 10.5 Å². The molecule has 1 saturated heterocycles. The van der Waals surface area contributed by atoms with Gasteiger partial charge in [0.05, 0.1) is 18.5 Å². The molecule has 0 saturated carbocycles. The van der Waals surface area contributed by atoms with Crippen molar-refractivity contribution in [2.45, 2.75) is 45.4 Å². The van der Waals surface area contributed by atoms with Crippen LogP contribution in [0.3, 0.4) is 0 Å². The average molecular weight is 250 g/mol. The Hall–Kier alpha value is -0.170. The molecule has 0 bridgehead atoms. The maximum absolute atomic E-state index is 12.0. The highest BCUT2D eigenvalue weighted by Gasteiger charge is 2.35. The van der Waals surface area contributed by atoms with E-state index in [0.29, 0.717) is 6.54 Å². The van der Waals surface area contributed by atoms with Gasteiger partial charge in [0.1, 0.15) is 0 Å². The van der Waals surface area contributed by atoms with Crippen LogP contribution in [-0.2, 0) is 14.8 Å². The van der Waals surface area contributed by atoms with E-state index in [1.165, 1.54) is 4.31 Å². The van der Waals surface area contributed by atoms with Crippen molar-refractivity contribution in [3.63, 3.8) is 0 Å². The Morgan fingerprint density at radius 1 is 1.50 bits per heavy atom. The topological polar surface area (TPSA) is 72.6 Å². The average Bonchev–Trinajstić information content (AvgIpc) is 2.47. The predicted octanol–water partition coefficient (Wildman–Crippen LogP) is 0.163. The lowest BCUT2D eigenvalue weighted by atomic mass is 10.2. The molecule has 0 aromatic heterocycles. The van der Waals surface area contributed by atoms with Crippen LogP contribution in [0.2, 0.25) is 0 Å². The van der Waals surface area contributed by atoms with E-state index in [2.05, 4.69) is 0 Å². The zero-order valence-corrected chi connectivity index (χ0v) is 11.0. The Morgan fingerprint density at radius 3 is 2.56 bits per heavy atom. The summed E-state index contributed by atoms with van der Waals surface area (Å²) in [6, 6.07) is -0.134. The van der Waals surface area contributed by atoms with Crippen LogP contribution in [0.4, 0.5) is 0 Å². The first-order chi connectivity index (χ1) is 7.34. The standard InChI is InChI=1S/C10H22N2O3S/c1-8(2)15-6-7-16(13,14)12-5-4-10(11)9(12)3/h8-10H,4-7,11H2,1-3H3. The first kappa shape index (κ1) is 13.9. The lowest BCUT2D eigenvalue weighted by molar-refractivity contribution is 0.0906. The van der Waals surface area contributed by atoms with Crippen LogP contribution in [0.25, 0.3) is 0 Å². The fraction of sp³-hybridized carbons (Fsp3) is 1.00. The fourth-order valence-corrected chi connectivity index (χ4v) is 3.42. The molecule has 1 heterocycles. The number of hydrogen-bond donors (Lipinski definition) is 1. The van der Waals surface area contributed by atoms with E-state index in [0.717, 1.165) is 6.42 Å². The van der Waals surface area contributed by atoms with Crippen molar-refractivity contribution in [3.05, 3.63) is 0 Å². The highest BCUT2D eigenvalue weighted by atomic mass is 32.2. The molecule has 6 heteroatoms. The molecule has 0 radical (unpaired) electrons. The van der Waals surface area contributed by atoms with Gasteiger partial charge in [0.2, 0.25) is 10.0 Å². The summed E-state index contributed by atoms with van der Waals surface area (Å²) in [6.07, 6.45) is 0.805. The van der Waals surface area contributed by atoms with Gasteiger partial charge in [0.25, 0.3) is 0 Å². The number of nitrogens with zero attached hydrogens (tertiary/aromatic N) is 1. The molecule has 1 rings (SSSR count). The van der Waals surface area contributed by atoms with Gasteiger partial charge in [0.15, 0.2) is 0 Å². The summed E-state index contributed by atoms with van der Waals surface area (Å²) in [5.74, 6) is 0.0439. The molecule has 16 heavy (non-hydrogen) atoms. The molecule has 5 nitrogen and oxygen atoms in total. The normalized spacial score (nSPS) is 27.8. The van der Waals surface area contributed by atoms with Gasteiger partial charge in [-0.05, 0) is 27.2 Å². The number of sulfonamides is 1. The minimum Gasteiger partial charge on any atom is -0.378 e. The van der Waals surface area contributed by atoms with Crippen LogP contribution < -0.4 is 5.73 Å². The predicted molar refractivity (Wildman–Crippen MR) is 63.6 cm³/mol. The quantitative estimate of drug-likeness (QED) is 0.754. The number of rotatable bonds is 5. The molecule has 2 atom stereocenters. The second-order valence-corrected chi connectivity index (χ2v) is 6.58. The Kier molecular flexibility index (Phi) is 4.73. The Balaban J connectivity index is 2.51. The molecule has 0 aromatic carbocycles. The summed E-state index contributed by atoms with van der Waals surface area (Å²) in [4.78, 5) is 0. The Labute approximate surface area is 98.0 Å². The van der Waals surface area contributed by atoms with E-state index in [1.54, 1.807) is 0 Å². The molecule has 0 spiro atoms. The lowest BCUT2D eigenvalue weighted by Crippen LogP contribution is -2.42. The maximum atomic E-state index is 12.0. The van der Waals surface area contributed by atoms with Gasteiger partial charge in [-0.25, -0.2) is 8.42 Å². The molecule has 0 aromatic rings. The molecular formula is C10H22N2O3S. The zero-order chi connectivity index (χ0) is 12.3. The van der Waals surface area contributed by atoms with Crippen LogP contribution in [-0.4, -0.2) is 49.8 Å². The van der Waals surface area contributed by atoms with Crippen LogP contribution in [0.5, 0.6) is 0 Å². The Bertz CT molecular complexity index is 316. The molecule has 2 N–H and O–H groups in total. The first-order valence-corrected chi connectivity index (χ1v) is 7.32. The number of ether oxygens (including phenoxy) is 1. The van der Waals surface area contributed by atoms with E-state index >= 15 is 0 Å². The van der Waals surface area contributed by atoms with Crippen molar-refractivity contribution in [1.82, 2.24) is 4.31 Å². The Morgan fingerprint density at radius 2 is 2.12 bits per heavy atom. The van der Waals surface area contributed by atoms with Gasteiger partial charge >= 0.3 is 0 Å². The van der Waals surface area contributed by atoms with Crippen molar-refractivity contribution in [3.8, 4) is 0 Å². The van der Waals surface area contributed by atoms with Gasteiger partial charge in [-0.3, -0.25) is 0 Å². The van der Waals surface area contributed by atoms with E-state index < -0.39 is 10.0 Å². The second-order valence-electron chi connectivity index (χ2n) is 4.54. The second kappa shape index (κ2) is 5.44. The smallest absolute Gasteiger partial charge is 0.216 e. The van der Waals surface area contributed by atoms with E-state index in [-0.39, 0.29) is 30.5 Å². The van der Waals surface area contributed by atoms with Crippen molar-refractivity contribution in [2.75, 3.05) is 18.9 Å². The van der Waals surface area contributed by atoms with E-state index in [4.69, 9.17) is 10.5 Å². The van der Waals surface area contributed by atoms with E-state index in [1.807, 2.05) is 20.8 Å². The minimum atomic E-state index is -3.21. The van der Waals surface area contributed by atoms with Crippen molar-refractivity contribution in [1.29, 1.82) is 0 Å².